The molecule has 0 amide bonds. The number of benzene rings is 2. The summed E-state index contributed by atoms with van der Waals surface area (Å²) in [5.41, 5.74) is 0.0508. The second kappa shape index (κ2) is 8.34. The lowest BCUT2D eigenvalue weighted by Gasteiger charge is -2.57. The molecule has 0 N–H and O–H groups in total. The summed E-state index contributed by atoms with van der Waals surface area (Å²) in [6, 6.07) is 20.1. The Morgan fingerprint density at radius 3 is 2.00 bits per heavy atom. The molecule has 5 rings (SSSR count). The smallest absolute Gasteiger partial charge is 0.266 e. The van der Waals surface area contributed by atoms with Gasteiger partial charge in [-0.1, -0.05) is 88.4 Å². The van der Waals surface area contributed by atoms with E-state index in [1.54, 1.807) is 0 Å². The van der Waals surface area contributed by atoms with Crippen molar-refractivity contribution in [2.24, 2.45) is 17.3 Å². The van der Waals surface area contributed by atoms with E-state index in [4.69, 9.17) is 9.78 Å². The maximum Gasteiger partial charge on any atom is 0.353 e. The van der Waals surface area contributed by atoms with Crippen LogP contribution in [0.1, 0.15) is 58.1 Å². The van der Waals surface area contributed by atoms with Crippen LogP contribution in [0.5, 0.6) is 0 Å². The molecule has 3 aliphatic rings. The van der Waals surface area contributed by atoms with E-state index in [2.05, 4.69) is 49.9 Å². The van der Waals surface area contributed by atoms with Gasteiger partial charge in [0.1, 0.15) is 0 Å². The molecule has 2 aromatic carbocycles. The van der Waals surface area contributed by atoms with Crippen LogP contribution in [-0.2, 0) is 40.3 Å². The number of hydrogen-bond donors (Lipinski definition) is 0. The molecule has 3 unspecified atom stereocenters. The van der Waals surface area contributed by atoms with Crippen molar-refractivity contribution >= 4 is 11.9 Å². The first-order chi connectivity index (χ1) is 15.2. The highest BCUT2D eigenvalue weighted by atomic mass is 17.7. The van der Waals surface area contributed by atoms with Gasteiger partial charge in [-0.25, -0.2) is 9.59 Å². The van der Waals surface area contributed by atoms with Crippen molar-refractivity contribution in [3.8, 4) is 0 Å². The maximum atomic E-state index is 13.8. The lowest BCUT2D eigenvalue weighted by Crippen LogP contribution is -2.60. The van der Waals surface area contributed by atoms with Gasteiger partial charge in [0.15, 0.2) is 0 Å². The molecule has 0 radical (unpaired) electrons. The molecule has 2 heterocycles. The van der Waals surface area contributed by atoms with Crippen molar-refractivity contribution in [1.82, 2.24) is 0 Å². The van der Waals surface area contributed by atoms with E-state index in [1.165, 1.54) is 0 Å². The molecule has 2 saturated heterocycles. The Morgan fingerprint density at radius 1 is 0.812 bits per heavy atom. The highest BCUT2D eigenvalue weighted by Crippen LogP contribution is 2.61. The zero-order chi connectivity index (χ0) is 23.0. The van der Waals surface area contributed by atoms with Crippen molar-refractivity contribution in [2.75, 3.05) is 0 Å². The SMILES string of the molecule is CC(C)(c1ccccc1)C1CC2CCC1(C(C)(C)c1ccccc1)C(=O)OOOOC2=O. The topological polar surface area (TPSA) is 71.1 Å². The van der Waals surface area contributed by atoms with Crippen LogP contribution in [0.2, 0.25) is 0 Å². The third kappa shape index (κ3) is 3.51. The number of rotatable bonds is 4. The van der Waals surface area contributed by atoms with Crippen molar-refractivity contribution in [3.05, 3.63) is 71.8 Å². The second-order valence-electron chi connectivity index (χ2n) is 9.98. The molecule has 2 bridgehead atoms. The minimum atomic E-state index is -0.981. The molecule has 1 saturated carbocycles. The lowest BCUT2D eigenvalue weighted by molar-refractivity contribution is -0.603. The fourth-order valence-electron chi connectivity index (χ4n) is 5.97. The van der Waals surface area contributed by atoms with Crippen molar-refractivity contribution in [2.45, 2.75) is 57.8 Å². The number of carbonyl (C=O) groups is 2. The van der Waals surface area contributed by atoms with Gasteiger partial charge in [-0.3, -0.25) is 9.78 Å². The normalized spacial score (nSPS) is 26.9. The summed E-state index contributed by atoms with van der Waals surface area (Å²) >= 11 is 0. The van der Waals surface area contributed by atoms with Crippen LogP contribution in [0.4, 0.5) is 0 Å². The molecule has 3 atom stereocenters. The Hall–Kier alpha value is -2.70. The molecule has 0 spiro atoms. The van der Waals surface area contributed by atoms with Crippen LogP contribution in [-0.4, -0.2) is 11.9 Å². The highest BCUT2D eigenvalue weighted by molar-refractivity contribution is 5.81. The van der Waals surface area contributed by atoms with Gasteiger partial charge in [0.2, 0.25) is 0 Å². The first-order valence-corrected chi connectivity index (χ1v) is 11.1. The van der Waals surface area contributed by atoms with Gasteiger partial charge in [0, 0.05) is 15.5 Å². The van der Waals surface area contributed by atoms with Gasteiger partial charge in [0.25, 0.3) is 0 Å². The average molecular weight is 439 g/mol. The molecular weight excluding hydrogens is 408 g/mol. The number of hydrogen-bond acceptors (Lipinski definition) is 6. The van der Waals surface area contributed by atoms with Crippen LogP contribution >= 0.6 is 0 Å². The highest BCUT2D eigenvalue weighted by Gasteiger charge is 2.64. The van der Waals surface area contributed by atoms with Crippen molar-refractivity contribution < 1.29 is 29.4 Å². The van der Waals surface area contributed by atoms with E-state index in [-0.39, 0.29) is 5.92 Å². The molecular formula is C26H30O6. The van der Waals surface area contributed by atoms with Crippen LogP contribution in [0.15, 0.2) is 60.7 Å². The third-order valence-corrected chi connectivity index (χ3v) is 7.95. The lowest BCUT2D eigenvalue weighted by atomic mass is 9.45. The summed E-state index contributed by atoms with van der Waals surface area (Å²) in [6.45, 7) is 8.41. The van der Waals surface area contributed by atoms with E-state index < -0.39 is 34.1 Å². The second-order valence-corrected chi connectivity index (χ2v) is 9.98. The molecule has 1 aliphatic carbocycles. The number of carbonyl (C=O) groups excluding carboxylic acids is 2. The number of fused-ring (bicyclic) bond motifs is 7. The predicted molar refractivity (Wildman–Crippen MR) is 117 cm³/mol. The fraction of sp³-hybridized carbons (Fsp3) is 0.462. The molecule has 32 heavy (non-hydrogen) atoms. The zero-order valence-electron chi connectivity index (χ0n) is 19.0. The van der Waals surface area contributed by atoms with Gasteiger partial charge < -0.3 is 0 Å². The fourth-order valence-corrected chi connectivity index (χ4v) is 5.97. The molecule has 0 aromatic heterocycles. The van der Waals surface area contributed by atoms with Crippen LogP contribution < -0.4 is 0 Å². The van der Waals surface area contributed by atoms with Crippen molar-refractivity contribution in [3.63, 3.8) is 0 Å². The standard InChI is InChI=1S/C26H30O6/c1-24(2,19-11-7-5-8-12-19)21-17-18-15-16-26(21,23(28)30-32-31-29-22(18)27)25(3,4)20-13-9-6-10-14-20/h5-14,18,21H,15-17H2,1-4H3. The van der Waals surface area contributed by atoms with E-state index in [0.29, 0.717) is 19.3 Å². The summed E-state index contributed by atoms with van der Waals surface area (Å²) in [6.07, 6.45) is 1.42. The Labute approximate surface area is 188 Å². The summed E-state index contributed by atoms with van der Waals surface area (Å²) in [5.74, 6) is -1.68. The summed E-state index contributed by atoms with van der Waals surface area (Å²) in [5, 5.41) is 9.00. The Morgan fingerprint density at radius 2 is 1.38 bits per heavy atom. The van der Waals surface area contributed by atoms with Crippen LogP contribution in [0, 0.1) is 17.3 Å². The predicted octanol–water partition coefficient (Wildman–Crippen LogP) is 5.22. The monoisotopic (exact) mass is 438 g/mol. The maximum absolute atomic E-state index is 13.8. The molecule has 6 heteroatoms. The molecule has 6 nitrogen and oxygen atoms in total. The molecule has 3 fully saturated rings. The largest absolute Gasteiger partial charge is 0.353 e. The molecule has 170 valence electrons. The zero-order valence-corrected chi connectivity index (χ0v) is 19.0. The van der Waals surface area contributed by atoms with Gasteiger partial charge in [-0.05, 0) is 41.7 Å². The quantitative estimate of drug-likeness (QED) is 0.609. The Kier molecular flexibility index (Phi) is 5.86. The molecule has 2 aromatic rings. The van der Waals surface area contributed by atoms with Crippen LogP contribution in [0.25, 0.3) is 0 Å². The third-order valence-electron chi connectivity index (χ3n) is 7.95. The Bertz CT molecular complexity index is 968. The van der Waals surface area contributed by atoms with Crippen LogP contribution in [0.3, 0.4) is 0 Å². The van der Waals surface area contributed by atoms with Gasteiger partial charge in [-0.2, -0.15) is 0 Å². The minimum Gasteiger partial charge on any atom is -0.266 e. The van der Waals surface area contributed by atoms with Gasteiger partial charge >= 0.3 is 11.9 Å². The van der Waals surface area contributed by atoms with E-state index in [9.17, 15) is 9.59 Å². The first kappa shape index (κ1) is 22.5. The summed E-state index contributed by atoms with van der Waals surface area (Å²) in [7, 11) is 0. The first-order valence-electron chi connectivity index (χ1n) is 11.1. The van der Waals surface area contributed by atoms with E-state index in [0.717, 1.165) is 11.1 Å². The van der Waals surface area contributed by atoms with Crippen molar-refractivity contribution in [1.29, 1.82) is 0 Å². The van der Waals surface area contributed by atoms with Gasteiger partial charge in [0.05, 0.1) is 11.3 Å². The van der Waals surface area contributed by atoms with E-state index in [1.807, 2.05) is 48.5 Å². The summed E-state index contributed by atoms with van der Waals surface area (Å²) in [4.78, 5) is 36.3. The Balaban J connectivity index is 1.94. The average Bonchev–Trinajstić information content (AvgIpc) is 2.81. The minimum absolute atomic E-state index is 0.242. The summed E-state index contributed by atoms with van der Waals surface area (Å²) < 4.78 is 0. The van der Waals surface area contributed by atoms with Gasteiger partial charge in [-0.15, -0.1) is 0 Å². The molecule has 2 aliphatic heterocycles. The van der Waals surface area contributed by atoms with E-state index >= 15 is 0 Å².